The molecule has 4 nitrogen and oxygen atoms in total. The number of hydrogen-bond donors (Lipinski definition) is 0. The highest BCUT2D eigenvalue weighted by Gasteiger charge is 2.18. The van der Waals surface area contributed by atoms with Crippen LogP contribution in [0.25, 0.3) is 5.69 Å². The van der Waals surface area contributed by atoms with E-state index in [0.29, 0.717) is 10.7 Å². The summed E-state index contributed by atoms with van der Waals surface area (Å²) in [6, 6.07) is 7.44. The van der Waals surface area contributed by atoms with Gasteiger partial charge in [-0.1, -0.05) is 11.6 Å². The van der Waals surface area contributed by atoms with Crippen molar-refractivity contribution in [1.82, 2.24) is 9.55 Å². The molecule has 0 aliphatic rings. The van der Waals surface area contributed by atoms with E-state index in [1.165, 1.54) is 6.21 Å². The number of aromatic nitrogens is 2. The minimum Gasteiger partial charge on any atom is -0.306 e. The SMILES string of the molecule is CC(C)(C)S(=O)N=Cc1cn(-c2ccc(Cl)cc2)cn1. The van der Waals surface area contributed by atoms with E-state index in [9.17, 15) is 4.21 Å². The Hall–Kier alpha value is -1.46. The summed E-state index contributed by atoms with van der Waals surface area (Å²) in [7, 11) is -1.27. The summed E-state index contributed by atoms with van der Waals surface area (Å²) >= 11 is 5.85. The lowest BCUT2D eigenvalue weighted by molar-refractivity contribution is 0.651. The van der Waals surface area contributed by atoms with Crippen LogP contribution >= 0.6 is 11.6 Å². The normalized spacial score (nSPS) is 13.8. The van der Waals surface area contributed by atoms with Crippen molar-refractivity contribution >= 4 is 28.8 Å². The number of benzene rings is 1. The van der Waals surface area contributed by atoms with Gasteiger partial charge in [0.25, 0.3) is 0 Å². The Balaban J connectivity index is 2.15. The van der Waals surface area contributed by atoms with Crippen molar-refractivity contribution in [3.8, 4) is 5.69 Å². The van der Waals surface area contributed by atoms with E-state index in [0.717, 1.165) is 5.69 Å². The van der Waals surface area contributed by atoms with Crippen molar-refractivity contribution in [2.45, 2.75) is 25.5 Å². The fourth-order valence-electron chi connectivity index (χ4n) is 1.42. The van der Waals surface area contributed by atoms with E-state index < -0.39 is 11.0 Å². The average molecular weight is 310 g/mol. The van der Waals surface area contributed by atoms with Crippen LogP contribution in [-0.2, 0) is 11.0 Å². The maximum Gasteiger partial charge on any atom is 0.144 e. The first-order valence-corrected chi connectivity index (χ1v) is 7.61. The summed E-state index contributed by atoms with van der Waals surface area (Å²) in [6.45, 7) is 5.65. The molecule has 20 heavy (non-hydrogen) atoms. The first-order valence-electron chi connectivity index (χ1n) is 6.12. The van der Waals surface area contributed by atoms with Crippen LogP contribution in [0.15, 0.2) is 41.2 Å². The number of nitrogens with zero attached hydrogens (tertiary/aromatic N) is 3. The van der Waals surface area contributed by atoms with Gasteiger partial charge in [-0.3, -0.25) is 0 Å². The second-order valence-corrected chi connectivity index (χ2v) is 7.65. The molecule has 0 aliphatic carbocycles. The van der Waals surface area contributed by atoms with Gasteiger partial charge in [0.2, 0.25) is 0 Å². The topological polar surface area (TPSA) is 47.2 Å². The second kappa shape index (κ2) is 5.89. The summed E-state index contributed by atoms with van der Waals surface area (Å²) in [6.07, 6.45) is 5.05. The smallest absolute Gasteiger partial charge is 0.144 e. The van der Waals surface area contributed by atoms with Crippen LogP contribution in [0.1, 0.15) is 26.5 Å². The molecular formula is C14H16ClN3OS. The minimum absolute atomic E-state index is 0.366. The molecule has 0 radical (unpaired) electrons. The Labute approximate surface area is 126 Å². The van der Waals surface area contributed by atoms with Crippen molar-refractivity contribution in [3.05, 3.63) is 47.5 Å². The van der Waals surface area contributed by atoms with E-state index in [4.69, 9.17) is 11.6 Å². The Morgan fingerprint density at radius 3 is 2.55 bits per heavy atom. The third-order valence-corrected chi connectivity index (χ3v) is 4.13. The largest absolute Gasteiger partial charge is 0.306 e. The fraction of sp³-hybridized carbons (Fsp3) is 0.286. The van der Waals surface area contributed by atoms with Gasteiger partial charge in [0.15, 0.2) is 0 Å². The van der Waals surface area contributed by atoms with Crippen LogP contribution in [0.2, 0.25) is 5.02 Å². The van der Waals surface area contributed by atoms with Gasteiger partial charge < -0.3 is 4.57 Å². The Morgan fingerprint density at radius 1 is 1.30 bits per heavy atom. The molecule has 0 amide bonds. The molecule has 0 saturated heterocycles. The molecular weight excluding hydrogens is 294 g/mol. The van der Waals surface area contributed by atoms with Gasteiger partial charge in [-0.15, -0.1) is 0 Å². The van der Waals surface area contributed by atoms with Gasteiger partial charge in [-0.05, 0) is 45.0 Å². The average Bonchev–Trinajstić information content (AvgIpc) is 2.84. The molecule has 1 unspecified atom stereocenters. The molecule has 2 rings (SSSR count). The molecule has 1 heterocycles. The Bertz CT molecular complexity index is 641. The van der Waals surface area contributed by atoms with E-state index in [-0.39, 0.29) is 4.75 Å². The second-order valence-electron chi connectivity index (χ2n) is 5.28. The zero-order valence-corrected chi connectivity index (χ0v) is 13.1. The van der Waals surface area contributed by atoms with Crippen LogP contribution in [-0.4, -0.2) is 24.7 Å². The van der Waals surface area contributed by atoms with Gasteiger partial charge in [0.05, 0.1) is 17.3 Å². The lowest BCUT2D eigenvalue weighted by atomic mass is 10.3. The van der Waals surface area contributed by atoms with Gasteiger partial charge in [-0.2, -0.15) is 4.40 Å². The van der Waals surface area contributed by atoms with Crippen LogP contribution in [0.3, 0.4) is 0 Å². The summed E-state index contributed by atoms with van der Waals surface area (Å²) in [4.78, 5) is 4.22. The standard InChI is InChI=1S/C14H16ClN3OS/c1-14(2,3)20(19)17-8-12-9-18(10-16-12)13-6-4-11(15)5-7-13/h4-10H,1-3H3. The van der Waals surface area contributed by atoms with E-state index >= 15 is 0 Å². The number of halogens is 1. The predicted molar refractivity (Wildman–Crippen MR) is 84.1 cm³/mol. The van der Waals surface area contributed by atoms with E-state index in [1.807, 2.05) is 55.8 Å². The monoisotopic (exact) mass is 309 g/mol. The molecule has 0 aliphatic heterocycles. The lowest BCUT2D eigenvalue weighted by Gasteiger charge is -2.12. The zero-order valence-electron chi connectivity index (χ0n) is 11.6. The Morgan fingerprint density at radius 2 is 1.95 bits per heavy atom. The molecule has 1 aromatic heterocycles. The third-order valence-electron chi connectivity index (χ3n) is 2.53. The molecule has 1 atom stereocenters. The molecule has 1 aromatic carbocycles. The highest BCUT2D eigenvalue weighted by molar-refractivity contribution is 7.85. The first kappa shape index (κ1) is 14.9. The van der Waals surface area contributed by atoms with E-state index in [1.54, 1.807) is 6.33 Å². The number of hydrogen-bond acceptors (Lipinski definition) is 2. The lowest BCUT2D eigenvalue weighted by Crippen LogP contribution is -2.19. The maximum absolute atomic E-state index is 11.8. The quantitative estimate of drug-likeness (QED) is 0.816. The molecule has 6 heteroatoms. The van der Waals surface area contributed by atoms with Crippen LogP contribution < -0.4 is 0 Å². The molecule has 2 aromatic rings. The molecule has 0 fully saturated rings. The highest BCUT2D eigenvalue weighted by Crippen LogP contribution is 2.14. The molecule has 0 N–H and O–H groups in total. The minimum atomic E-state index is -1.27. The van der Waals surface area contributed by atoms with Gasteiger partial charge in [0.1, 0.15) is 16.7 Å². The summed E-state index contributed by atoms with van der Waals surface area (Å²) in [5.74, 6) is 0. The Kier molecular flexibility index (Phi) is 4.40. The molecule has 106 valence electrons. The van der Waals surface area contributed by atoms with Gasteiger partial charge in [-0.25, -0.2) is 9.19 Å². The summed E-state index contributed by atoms with van der Waals surface area (Å²) in [5.41, 5.74) is 1.62. The molecule has 0 spiro atoms. The first-order chi connectivity index (χ1) is 9.36. The predicted octanol–water partition coefficient (Wildman–Crippen LogP) is 3.41. The zero-order chi connectivity index (χ0) is 14.8. The summed E-state index contributed by atoms with van der Waals surface area (Å²) < 4.78 is 17.3. The van der Waals surface area contributed by atoms with Gasteiger partial charge in [0, 0.05) is 16.9 Å². The fourth-order valence-corrected chi connectivity index (χ4v) is 2.07. The number of rotatable bonds is 3. The van der Waals surface area contributed by atoms with Crippen LogP contribution in [0.4, 0.5) is 0 Å². The van der Waals surface area contributed by atoms with Crippen LogP contribution in [0, 0.1) is 0 Å². The highest BCUT2D eigenvalue weighted by atomic mass is 35.5. The summed E-state index contributed by atoms with van der Waals surface area (Å²) in [5, 5.41) is 0.691. The van der Waals surface area contributed by atoms with Crippen molar-refractivity contribution in [1.29, 1.82) is 0 Å². The van der Waals surface area contributed by atoms with Gasteiger partial charge >= 0.3 is 0 Å². The van der Waals surface area contributed by atoms with Crippen LogP contribution in [0.5, 0.6) is 0 Å². The number of imidazole rings is 1. The maximum atomic E-state index is 11.8. The third kappa shape index (κ3) is 3.77. The van der Waals surface area contributed by atoms with Crippen molar-refractivity contribution in [3.63, 3.8) is 0 Å². The molecule has 0 saturated carbocycles. The van der Waals surface area contributed by atoms with Crippen molar-refractivity contribution in [2.75, 3.05) is 0 Å². The van der Waals surface area contributed by atoms with E-state index in [2.05, 4.69) is 9.38 Å². The van der Waals surface area contributed by atoms with Crippen molar-refractivity contribution < 1.29 is 4.21 Å². The molecule has 0 bridgehead atoms. The van der Waals surface area contributed by atoms with Crippen molar-refractivity contribution in [2.24, 2.45) is 4.40 Å².